The third-order valence-corrected chi connectivity index (χ3v) is 4.82. The smallest absolute Gasteiger partial charge is 0.194 e. The first-order chi connectivity index (χ1) is 8.49. The summed E-state index contributed by atoms with van der Waals surface area (Å²) < 4.78 is 5.91. The van der Waals surface area contributed by atoms with E-state index < -0.39 is 0 Å². The molecule has 2 heteroatoms. The molecule has 0 aromatic carbocycles. The molecule has 0 amide bonds. The third kappa shape index (κ3) is 2.97. The van der Waals surface area contributed by atoms with E-state index in [9.17, 15) is 0 Å². The van der Waals surface area contributed by atoms with Gasteiger partial charge in [0.15, 0.2) is 6.23 Å². The van der Waals surface area contributed by atoms with Crippen molar-refractivity contribution in [1.29, 1.82) is 0 Å². The van der Waals surface area contributed by atoms with Gasteiger partial charge in [0.05, 0.1) is 6.54 Å². The molecule has 0 bridgehead atoms. The van der Waals surface area contributed by atoms with Crippen molar-refractivity contribution < 1.29 is 9.64 Å². The lowest BCUT2D eigenvalue weighted by Crippen LogP contribution is -3.15. The topological polar surface area (TPSA) is 13.7 Å². The van der Waals surface area contributed by atoms with Crippen LogP contribution in [0, 0.1) is 23.7 Å². The number of ether oxygens (including phenoxy) is 1. The molecule has 1 aliphatic heterocycles. The van der Waals surface area contributed by atoms with Crippen molar-refractivity contribution in [2.24, 2.45) is 23.7 Å². The standard InChI is InChI=1S/C16H29NO/c1-11(2)16-17(6-7-18-16)10-15-13(4)8-12(3)9-14(15)5/h8,11,13-16H,6-7,9-10H2,1-5H3/p+1/t13-,14-,15-,16+/m0/s1. The van der Waals surface area contributed by atoms with Gasteiger partial charge in [0.1, 0.15) is 13.2 Å². The van der Waals surface area contributed by atoms with Crippen molar-refractivity contribution in [2.75, 3.05) is 19.7 Å². The molecule has 1 saturated heterocycles. The Balaban J connectivity index is 2.00. The fraction of sp³-hybridized carbons (Fsp3) is 0.875. The Morgan fingerprint density at radius 1 is 1.39 bits per heavy atom. The van der Waals surface area contributed by atoms with E-state index in [1.807, 2.05) is 0 Å². The first-order valence-corrected chi connectivity index (χ1v) is 7.62. The Bertz CT molecular complexity index is 310. The zero-order valence-electron chi connectivity index (χ0n) is 12.7. The summed E-state index contributed by atoms with van der Waals surface area (Å²) in [6.07, 6.45) is 4.21. The lowest BCUT2D eigenvalue weighted by molar-refractivity contribution is -0.932. The van der Waals surface area contributed by atoms with E-state index in [4.69, 9.17) is 4.74 Å². The van der Waals surface area contributed by atoms with E-state index in [1.165, 1.54) is 19.5 Å². The number of nitrogens with one attached hydrogen (secondary N) is 1. The van der Waals surface area contributed by atoms with Crippen LogP contribution in [0.5, 0.6) is 0 Å². The lowest BCUT2D eigenvalue weighted by atomic mass is 9.74. The third-order valence-electron chi connectivity index (χ3n) is 4.82. The van der Waals surface area contributed by atoms with Crippen LogP contribution in [0.3, 0.4) is 0 Å². The zero-order chi connectivity index (χ0) is 13.3. The molecule has 1 fully saturated rings. The molecule has 1 N–H and O–H groups in total. The van der Waals surface area contributed by atoms with Gasteiger partial charge in [0.2, 0.25) is 0 Å². The molecule has 18 heavy (non-hydrogen) atoms. The Morgan fingerprint density at radius 2 is 2.11 bits per heavy atom. The summed E-state index contributed by atoms with van der Waals surface area (Å²) in [6.45, 7) is 15.1. The van der Waals surface area contributed by atoms with Crippen LogP contribution >= 0.6 is 0 Å². The highest BCUT2D eigenvalue weighted by Gasteiger charge is 2.37. The molecule has 0 radical (unpaired) electrons. The molecular formula is C16H30NO+. The van der Waals surface area contributed by atoms with Crippen LogP contribution in [0.4, 0.5) is 0 Å². The largest absolute Gasteiger partial charge is 0.323 e. The second-order valence-corrected chi connectivity index (χ2v) is 6.87. The van der Waals surface area contributed by atoms with Gasteiger partial charge < -0.3 is 9.64 Å². The van der Waals surface area contributed by atoms with E-state index in [0.29, 0.717) is 12.1 Å². The van der Waals surface area contributed by atoms with Gasteiger partial charge in [-0.3, -0.25) is 0 Å². The number of hydrogen-bond acceptors (Lipinski definition) is 1. The summed E-state index contributed by atoms with van der Waals surface area (Å²) in [6, 6.07) is 0. The zero-order valence-corrected chi connectivity index (χ0v) is 12.7. The molecular weight excluding hydrogens is 222 g/mol. The van der Waals surface area contributed by atoms with Crippen LogP contribution < -0.4 is 4.90 Å². The fourth-order valence-electron chi connectivity index (χ4n) is 3.97. The van der Waals surface area contributed by atoms with E-state index in [1.54, 1.807) is 10.5 Å². The van der Waals surface area contributed by atoms with Crippen LogP contribution in [-0.2, 0) is 4.74 Å². The minimum atomic E-state index is 0.427. The molecule has 0 aromatic rings. The second kappa shape index (κ2) is 5.75. The highest BCUT2D eigenvalue weighted by molar-refractivity contribution is 5.08. The number of quaternary nitrogens is 1. The summed E-state index contributed by atoms with van der Waals surface area (Å²) >= 11 is 0. The lowest BCUT2D eigenvalue weighted by Gasteiger charge is -2.35. The molecule has 2 nitrogen and oxygen atoms in total. The number of allylic oxidation sites excluding steroid dienone is 2. The Morgan fingerprint density at radius 3 is 2.72 bits per heavy atom. The number of hydrogen-bond donors (Lipinski definition) is 1. The van der Waals surface area contributed by atoms with E-state index in [2.05, 4.69) is 40.7 Å². The molecule has 104 valence electrons. The van der Waals surface area contributed by atoms with Crippen molar-refractivity contribution in [2.45, 2.75) is 47.3 Å². The molecule has 1 unspecified atom stereocenters. The van der Waals surface area contributed by atoms with Crippen molar-refractivity contribution in [3.8, 4) is 0 Å². The average Bonchev–Trinajstić information content (AvgIpc) is 2.71. The first-order valence-electron chi connectivity index (χ1n) is 7.62. The second-order valence-electron chi connectivity index (χ2n) is 6.87. The molecule has 5 atom stereocenters. The van der Waals surface area contributed by atoms with E-state index in [0.717, 1.165) is 24.4 Å². The maximum atomic E-state index is 5.91. The predicted octanol–water partition coefficient (Wildman–Crippen LogP) is 2.12. The SMILES string of the molecule is CC1=C[C@H](C)[C@H](C[NH+]2CCO[C@@H]2C(C)C)[C@@H](C)C1. The maximum absolute atomic E-state index is 5.91. The van der Waals surface area contributed by atoms with Gasteiger partial charge in [0, 0.05) is 11.8 Å². The molecule has 1 heterocycles. The fourth-order valence-corrected chi connectivity index (χ4v) is 3.97. The van der Waals surface area contributed by atoms with Crippen molar-refractivity contribution in [1.82, 2.24) is 0 Å². The molecule has 2 rings (SSSR count). The summed E-state index contributed by atoms with van der Waals surface area (Å²) in [5, 5.41) is 0. The molecule has 2 aliphatic rings. The summed E-state index contributed by atoms with van der Waals surface area (Å²) in [7, 11) is 0. The van der Waals surface area contributed by atoms with Crippen LogP contribution in [0.25, 0.3) is 0 Å². The van der Waals surface area contributed by atoms with Gasteiger partial charge in [0.25, 0.3) is 0 Å². The quantitative estimate of drug-likeness (QED) is 0.760. The van der Waals surface area contributed by atoms with Crippen molar-refractivity contribution in [3.05, 3.63) is 11.6 Å². The van der Waals surface area contributed by atoms with Crippen LogP contribution in [0.15, 0.2) is 11.6 Å². The molecule has 0 saturated carbocycles. The number of rotatable bonds is 3. The summed E-state index contributed by atoms with van der Waals surface area (Å²) in [4.78, 5) is 1.68. The van der Waals surface area contributed by atoms with Gasteiger partial charge in [-0.1, -0.05) is 39.3 Å². The van der Waals surface area contributed by atoms with Gasteiger partial charge in [-0.2, -0.15) is 0 Å². The highest BCUT2D eigenvalue weighted by Crippen LogP contribution is 2.32. The van der Waals surface area contributed by atoms with Gasteiger partial charge in [-0.05, 0) is 25.2 Å². The minimum Gasteiger partial charge on any atom is -0.323 e. The molecule has 0 spiro atoms. The molecule has 0 aromatic heterocycles. The minimum absolute atomic E-state index is 0.427. The van der Waals surface area contributed by atoms with Gasteiger partial charge in [-0.25, -0.2) is 0 Å². The molecule has 1 aliphatic carbocycles. The van der Waals surface area contributed by atoms with E-state index >= 15 is 0 Å². The normalized spacial score (nSPS) is 41.2. The summed E-state index contributed by atoms with van der Waals surface area (Å²) in [5.74, 6) is 3.02. The van der Waals surface area contributed by atoms with Gasteiger partial charge >= 0.3 is 0 Å². The maximum Gasteiger partial charge on any atom is 0.194 e. The Labute approximate surface area is 112 Å². The van der Waals surface area contributed by atoms with Crippen LogP contribution in [0.2, 0.25) is 0 Å². The van der Waals surface area contributed by atoms with E-state index in [-0.39, 0.29) is 0 Å². The van der Waals surface area contributed by atoms with Crippen molar-refractivity contribution in [3.63, 3.8) is 0 Å². The predicted molar refractivity (Wildman–Crippen MR) is 75.5 cm³/mol. The van der Waals surface area contributed by atoms with Crippen molar-refractivity contribution >= 4 is 0 Å². The van der Waals surface area contributed by atoms with Gasteiger partial charge in [-0.15, -0.1) is 0 Å². The Kier molecular flexibility index (Phi) is 4.50. The average molecular weight is 252 g/mol. The summed E-state index contributed by atoms with van der Waals surface area (Å²) in [5.41, 5.74) is 1.58. The Hall–Kier alpha value is -0.340. The highest BCUT2D eigenvalue weighted by atomic mass is 16.5. The van der Waals surface area contributed by atoms with Crippen LogP contribution in [0.1, 0.15) is 41.0 Å². The first kappa shape index (κ1) is 14.1. The van der Waals surface area contributed by atoms with Crippen LogP contribution in [-0.4, -0.2) is 25.9 Å². The monoisotopic (exact) mass is 252 g/mol.